The van der Waals surface area contributed by atoms with Crippen LogP contribution in [0.1, 0.15) is 53.1 Å². The Kier molecular flexibility index (Phi) is 10.00. The van der Waals surface area contributed by atoms with E-state index in [-0.39, 0.29) is 73.8 Å². The number of aryl methyl sites for hydroxylation is 1. The third kappa shape index (κ3) is 8.31. The van der Waals surface area contributed by atoms with Gasteiger partial charge in [0, 0.05) is 36.6 Å². The van der Waals surface area contributed by atoms with E-state index in [1.165, 1.54) is 19.2 Å². The molecule has 13 nitrogen and oxygen atoms in total. The van der Waals surface area contributed by atoms with Gasteiger partial charge < -0.3 is 5.32 Å². The van der Waals surface area contributed by atoms with Crippen molar-refractivity contribution in [2.24, 2.45) is 13.0 Å². The molecule has 4 aromatic heterocycles. The summed E-state index contributed by atoms with van der Waals surface area (Å²) in [6, 6.07) is 6.93. The van der Waals surface area contributed by atoms with E-state index in [0.29, 0.717) is 22.9 Å². The van der Waals surface area contributed by atoms with Crippen LogP contribution in [0.3, 0.4) is 0 Å². The lowest BCUT2D eigenvalue weighted by Gasteiger charge is -2.40. The number of aromatic nitrogens is 7. The first kappa shape index (κ1) is 45.9. The van der Waals surface area contributed by atoms with Crippen molar-refractivity contribution in [3.05, 3.63) is 122 Å². The first-order valence-corrected chi connectivity index (χ1v) is 23.6. The zero-order valence-electron chi connectivity index (χ0n) is 33.9. The highest BCUT2D eigenvalue weighted by Crippen LogP contribution is 3.02. The fraction of sp³-hybridized carbons (Fsp3) is 0.250. The van der Waals surface area contributed by atoms with Crippen molar-refractivity contribution in [1.82, 2.24) is 39.4 Å². The number of carbonyl (C=O) groups is 1. The van der Waals surface area contributed by atoms with E-state index in [2.05, 4.69) is 30.2 Å². The second-order valence-electron chi connectivity index (χ2n) is 16.1. The number of hydrogen-bond acceptors (Lipinski definition) is 8. The van der Waals surface area contributed by atoms with E-state index < -0.39 is 114 Å². The lowest BCUT2D eigenvalue weighted by atomic mass is 10.0. The highest BCUT2D eigenvalue weighted by molar-refractivity contribution is 8.45. The van der Waals surface area contributed by atoms with Gasteiger partial charge in [0.15, 0.2) is 11.5 Å². The maximum Gasteiger partial charge on any atom is 0.310 e. The number of rotatable bonds is 12. The fourth-order valence-electron chi connectivity index (χ4n) is 8.50. The monoisotopic (exact) mass is 1010 g/mol. The smallest absolute Gasteiger partial charge is 0.310 e. The van der Waals surface area contributed by atoms with E-state index in [1.54, 1.807) is 0 Å². The Bertz CT molecular complexity index is 3420. The van der Waals surface area contributed by atoms with E-state index in [9.17, 15) is 55.0 Å². The highest BCUT2D eigenvalue weighted by Gasteiger charge is 2.67. The van der Waals surface area contributed by atoms with Crippen LogP contribution in [0, 0.1) is 17.6 Å². The number of nitrogens with one attached hydrogen (secondary N) is 2. The topological polar surface area (TPSA) is 159 Å². The average molecular weight is 1010 g/mol. The summed E-state index contributed by atoms with van der Waals surface area (Å²) in [4.78, 5) is 35.7. The van der Waals surface area contributed by atoms with Crippen LogP contribution in [-0.4, -0.2) is 54.7 Å². The zero-order chi connectivity index (χ0) is 48.6. The maximum absolute atomic E-state index is 15.5. The lowest BCUT2D eigenvalue weighted by Crippen LogP contribution is -2.38. The molecule has 7 aromatic rings. The number of benzene rings is 3. The van der Waals surface area contributed by atoms with E-state index >= 15 is 8.78 Å². The number of hydrogen-bond donors (Lipinski definition) is 2. The summed E-state index contributed by atoms with van der Waals surface area (Å²) in [5.74, 6) is -10.1. The van der Waals surface area contributed by atoms with E-state index in [0.717, 1.165) is 39.8 Å². The number of alkyl halides is 4. The van der Waals surface area contributed by atoms with Gasteiger partial charge in [0.1, 0.15) is 40.3 Å². The molecule has 2 aliphatic rings. The van der Waals surface area contributed by atoms with Crippen LogP contribution in [-0.2, 0) is 40.8 Å². The lowest BCUT2D eigenvalue weighted by molar-refractivity contribution is -0.123. The third-order valence-corrected chi connectivity index (χ3v) is 13.3. The molecule has 0 aliphatic heterocycles. The number of anilines is 1. The van der Waals surface area contributed by atoms with Gasteiger partial charge in [0.25, 0.3) is 17.9 Å². The molecule has 2 aliphatic carbocycles. The summed E-state index contributed by atoms with van der Waals surface area (Å²) in [5, 5.41) is 9.89. The molecule has 27 heteroatoms. The number of pyridine rings is 1. The zero-order valence-corrected chi connectivity index (χ0v) is 36.3. The Balaban J connectivity index is 1.25. The molecule has 0 radical (unpaired) electrons. The van der Waals surface area contributed by atoms with Crippen LogP contribution in [0.2, 0.25) is 5.02 Å². The molecule has 9 rings (SSSR count). The van der Waals surface area contributed by atoms with Gasteiger partial charge in [-0.25, -0.2) is 35.9 Å². The van der Waals surface area contributed by atoms with Gasteiger partial charge in [-0.15, -0.1) is 0 Å². The Labute approximate surface area is 374 Å². The molecule has 67 heavy (non-hydrogen) atoms. The summed E-state index contributed by atoms with van der Waals surface area (Å²) in [6.45, 7) is -1.12. The molecular formula is C40H29ClF11N9O4S2. The van der Waals surface area contributed by atoms with Gasteiger partial charge in [0.2, 0.25) is 15.9 Å². The van der Waals surface area contributed by atoms with E-state index in [4.69, 9.17) is 11.6 Å². The van der Waals surface area contributed by atoms with Crippen LogP contribution in [0.15, 0.2) is 76.4 Å². The average Bonchev–Trinajstić information content (AvgIpc) is 3.75. The molecule has 0 spiro atoms. The highest BCUT2D eigenvalue weighted by atomic mass is 35.5. The molecule has 354 valence electrons. The minimum atomic E-state index is -10.1. The Morgan fingerprint density at radius 2 is 1.63 bits per heavy atom. The molecule has 1 saturated carbocycles. The first-order chi connectivity index (χ1) is 31.0. The first-order valence-electron chi connectivity index (χ1n) is 19.4. The van der Waals surface area contributed by atoms with Gasteiger partial charge in [-0.3, -0.25) is 28.2 Å². The van der Waals surface area contributed by atoms with Crippen molar-refractivity contribution in [3.8, 4) is 16.9 Å². The van der Waals surface area contributed by atoms with Crippen molar-refractivity contribution in [2.75, 3.05) is 11.0 Å². The van der Waals surface area contributed by atoms with Crippen LogP contribution in [0.4, 0.5) is 51.6 Å². The number of sulfonamides is 1. The number of nitrogens with zero attached hydrogens (tertiary/aromatic N) is 7. The molecule has 3 atom stereocenters. The minimum absolute atomic E-state index is 0.0499. The largest absolute Gasteiger partial charge is 0.344 e. The van der Waals surface area contributed by atoms with Crippen molar-refractivity contribution in [1.29, 1.82) is 0 Å². The normalized spacial score (nSPS) is 18.1. The summed E-state index contributed by atoms with van der Waals surface area (Å²) in [5.41, 5.74) is -4.51. The van der Waals surface area contributed by atoms with Crippen LogP contribution < -0.4 is 15.6 Å². The Morgan fingerprint density at radius 1 is 0.955 bits per heavy atom. The SMILES string of the molecule is Cn1nc(NS(C)(=O)=O)c2c(Cl)ccc(-n3c([C@H](Cc4cc(F)cc(F)c4)NC(=O)Cn4nc(C(F)F)c5c4C(F)(F)[C@@H]4C[C@H]54)nc4nc(-c5ccc(S(F)(F)(F)(F)F)cc5)ccc4c3=O)c21. The number of fused-ring (bicyclic) bond motifs is 5. The summed E-state index contributed by atoms with van der Waals surface area (Å²) in [7, 11) is -12.8. The van der Waals surface area contributed by atoms with Crippen LogP contribution >= 0.6 is 21.8 Å². The van der Waals surface area contributed by atoms with Crippen molar-refractivity contribution < 1.29 is 59.0 Å². The Morgan fingerprint density at radius 3 is 2.25 bits per heavy atom. The van der Waals surface area contributed by atoms with Crippen LogP contribution in [0.25, 0.3) is 38.9 Å². The summed E-state index contributed by atoms with van der Waals surface area (Å²) < 4.78 is 186. The van der Waals surface area contributed by atoms with Crippen molar-refractivity contribution >= 4 is 65.5 Å². The van der Waals surface area contributed by atoms with Gasteiger partial charge in [-0.2, -0.15) is 19.0 Å². The molecule has 1 amide bonds. The molecule has 1 fully saturated rings. The van der Waals surface area contributed by atoms with Gasteiger partial charge in [-0.1, -0.05) is 43.2 Å². The molecule has 0 saturated heterocycles. The third-order valence-electron chi connectivity index (χ3n) is 11.3. The number of amides is 1. The Hall–Kier alpha value is -6.28. The standard InChI is InChI=1S/C40H29ClF11N9O4S2/c1-59-33-28(10-8-25(41)31(33)37(57-59)58-66(2,64)65)61-38(55-36-22(39(61)63)7-9-26(54-36)18-3-5-21(6-4-18)67(48,49,50,51)52)27(13-17-11-19(42)14-20(43)12-17)53-29(62)16-60-34-30(32(56-60)35(44)45)23-15-24(23)40(34,46)47/h3-12,14,23-24,27,35H,13,15-16H2,1-2H3,(H,53,62)(H,57,58)/t23-,24+,27-/m0/s1. The quantitative estimate of drug-likeness (QED) is 0.115. The van der Waals surface area contributed by atoms with Gasteiger partial charge >= 0.3 is 10.2 Å². The fourth-order valence-corrected chi connectivity index (χ4v) is 9.89. The molecular weight excluding hydrogens is 979 g/mol. The molecule has 2 N–H and O–H groups in total. The second-order valence-corrected chi connectivity index (χ2v) is 20.7. The van der Waals surface area contributed by atoms with E-state index in [1.807, 2.05) is 0 Å². The van der Waals surface area contributed by atoms with Crippen molar-refractivity contribution in [3.63, 3.8) is 0 Å². The number of halogens is 12. The summed E-state index contributed by atoms with van der Waals surface area (Å²) >= 11 is 6.56. The van der Waals surface area contributed by atoms with Crippen molar-refractivity contribution in [2.45, 2.75) is 48.6 Å². The molecule has 0 bridgehead atoms. The predicted molar refractivity (Wildman–Crippen MR) is 223 cm³/mol. The van der Waals surface area contributed by atoms with Crippen LogP contribution in [0.5, 0.6) is 0 Å². The molecule has 0 unspecified atom stereocenters. The number of carbonyl (C=O) groups excluding carboxylic acids is 1. The molecule has 3 aromatic carbocycles. The maximum atomic E-state index is 15.5. The van der Waals surface area contributed by atoms with Gasteiger partial charge in [-0.05, 0) is 66.4 Å². The summed E-state index contributed by atoms with van der Waals surface area (Å²) in [6.07, 6.45) is -3.21. The van der Waals surface area contributed by atoms with Gasteiger partial charge in [0.05, 0.1) is 45.0 Å². The predicted octanol–water partition coefficient (Wildman–Crippen LogP) is 9.74. The second kappa shape index (κ2) is 14.6. The molecule has 4 heterocycles. The minimum Gasteiger partial charge on any atom is -0.344 e.